The van der Waals surface area contributed by atoms with Crippen LogP contribution in [0.4, 0.5) is 0 Å². The normalized spacial score (nSPS) is 18.2. The summed E-state index contributed by atoms with van der Waals surface area (Å²) >= 11 is 0. The predicted octanol–water partition coefficient (Wildman–Crippen LogP) is 5.83. The molecule has 21 heavy (non-hydrogen) atoms. The molecule has 124 valence electrons. The van der Waals surface area contributed by atoms with Crippen molar-refractivity contribution in [1.29, 1.82) is 0 Å². The van der Waals surface area contributed by atoms with Gasteiger partial charge in [-0.15, -0.1) is 0 Å². The van der Waals surface area contributed by atoms with Crippen molar-refractivity contribution in [3.8, 4) is 0 Å². The van der Waals surface area contributed by atoms with E-state index >= 15 is 0 Å². The largest absolute Gasteiger partial charge is 0.378 e. The fraction of sp³-hybridized carbons (Fsp3) is 0.947. The maximum atomic E-state index is 11.8. The van der Waals surface area contributed by atoms with Crippen molar-refractivity contribution >= 4 is 5.78 Å². The first-order valence-electron chi connectivity index (χ1n) is 9.46. The molecule has 1 atom stereocenters. The lowest BCUT2D eigenvalue weighted by Gasteiger charge is -2.08. The quantitative estimate of drug-likeness (QED) is 0.377. The third-order valence-corrected chi connectivity index (χ3v) is 4.56. The van der Waals surface area contributed by atoms with E-state index in [1.807, 2.05) is 0 Å². The molecule has 0 aliphatic carbocycles. The summed E-state index contributed by atoms with van der Waals surface area (Å²) in [5, 5.41) is 0. The highest BCUT2D eigenvalue weighted by Crippen LogP contribution is 2.18. The van der Waals surface area contributed by atoms with E-state index in [0.717, 1.165) is 38.7 Å². The molecular formula is C19H36O2. The van der Waals surface area contributed by atoms with Gasteiger partial charge in [0, 0.05) is 19.4 Å². The van der Waals surface area contributed by atoms with Crippen molar-refractivity contribution in [1.82, 2.24) is 0 Å². The minimum Gasteiger partial charge on any atom is -0.378 e. The van der Waals surface area contributed by atoms with E-state index in [9.17, 15) is 4.79 Å². The zero-order valence-electron chi connectivity index (χ0n) is 14.2. The highest BCUT2D eigenvalue weighted by molar-refractivity contribution is 5.78. The minimum atomic E-state index is 0.450. The minimum absolute atomic E-state index is 0.450. The van der Waals surface area contributed by atoms with E-state index in [4.69, 9.17) is 4.74 Å². The molecule has 0 aromatic heterocycles. The van der Waals surface area contributed by atoms with Crippen LogP contribution in [0.2, 0.25) is 0 Å². The Balaban J connectivity index is 1.78. The molecule has 0 aromatic carbocycles. The van der Waals surface area contributed by atoms with Gasteiger partial charge in [0.05, 0.1) is 6.10 Å². The topological polar surface area (TPSA) is 26.3 Å². The Morgan fingerprint density at radius 3 is 2.14 bits per heavy atom. The van der Waals surface area contributed by atoms with E-state index in [2.05, 4.69) is 6.92 Å². The smallest absolute Gasteiger partial charge is 0.132 e. The fourth-order valence-electron chi connectivity index (χ4n) is 3.16. The number of hydrogen-bond donors (Lipinski definition) is 0. The molecule has 2 heteroatoms. The number of rotatable bonds is 14. The third kappa shape index (κ3) is 10.9. The van der Waals surface area contributed by atoms with Crippen molar-refractivity contribution < 1.29 is 9.53 Å². The average Bonchev–Trinajstić information content (AvgIpc) is 2.99. The first kappa shape index (κ1) is 18.7. The Labute approximate surface area is 132 Å². The second-order valence-electron chi connectivity index (χ2n) is 6.64. The van der Waals surface area contributed by atoms with Gasteiger partial charge in [0.2, 0.25) is 0 Å². The first-order chi connectivity index (χ1) is 10.3. The maximum absolute atomic E-state index is 11.8. The van der Waals surface area contributed by atoms with Crippen molar-refractivity contribution in [3.63, 3.8) is 0 Å². The Kier molecular flexibility index (Phi) is 11.8. The third-order valence-electron chi connectivity index (χ3n) is 4.56. The van der Waals surface area contributed by atoms with Crippen LogP contribution in [0.1, 0.15) is 103 Å². The van der Waals surface area contributed by atoms with Crippen molar-refractivity contribution in [2.45, 2.75) is 109 Å². The summed E-state index contributed by atoms with van der Waals surface area (Å²) in [6.45, 7) is 3.19. The van der Waals surface area contributed by atoms with Gasteiger partial charge in [-0.3, -0.25) is 4.79 Å². The number of unbranched alkanes of at least 4 members (excludes halogenated alkanes) is 8. The van der Waals surface area contributed by atoms with Crippen LogP contribution in [0.25, 0.3) is 0 Å². The number of Topliss-reactive ketones (excluding diaryl/α,β-unsaturated/α-hetero) is 1. The molecule has 2 nitrogen and oxygen atoms in total. The summed E-state index contributed by atoms with van der Waals surface area (Å²) in [6.07, 6.45) is 18.5. The molecule has 1 unspecified atom stereocenters. The van der Waals surface area contributed by atoms with E-state index in [1.54, 1.807) is 0 Å². The Hall–Kier alpha value is -0.370. The van der Waals surface area contributed by atoms with Crippen molar-refractivity contribution in [2.75, 3.05) is 6.61 Å². The molecule has 0 spiro atoms. The maximum Gasteiger partial charge on any atom is 0.132 e. The lowest BCUT2D eigenvalue weighted by Crippen LogP contribution is -2.06. The van der Waals surface area contributed by atoms with Gasteiger partial charge in [-0.05, 0) is 32.1 Å². The van der Waals surface area contributed by atoms with Gasteiger partial charge in [0.25, 0.3) is 0 Å². The zero-order valence-corrected chi connectivity index (χ0v) is 14.2. The second-order valence-corrected chi connectivity index (χ2v) is 6.64. The molecule has 0 N–H and O–H groups in total. The highest BCUT2D eigenvalue weighted by Gasteiger charge is 2.15. The van der Waals surface area contributed by atoms with Gasteiger partial charge >= 0.3 is 0 Å². The standard InChI is InChI=1S/C19H36O2/c1-2-3-4-5-6-7-8-9-10-13-18(20)14-11-15-19-16-12-17-21-19/h19H,2-17H2,1H3. The summed E-state index contributed by atoms with van der Waals surface area (Å²) < 4.78 is 5.58. The van der Waals surface area contributed by atoms with Crippen LogP contribution < -0.4 is 0 Å². The van der Waals surface area contributed by atoms with Gasteiger partial charge in [-0.1, -0.05) is 58.3 Å². The number of ether oxygens (including phenoxy) is 1. The zero-order chi connectivity index (χ0) is 15.2. The van der Waals surface area contributed by atoms with Gasteiger partial charge in [0.1, 0.15) is 5.78 Å². The van der Waals surface area contributed by atoms with Crippen LogP contribution in [0, 0.1) is 0 Å². The molecular weight excluding hydrogens is 260 g/mol. The first-order valence-corrected chi connectivity index (χ1v) is 9.46. The molecule has 0 aromatic rings. The summed E-state index contributed by atoms with van der Waals surface area (Å²) in [5.74, 6) is 0.468. The predicted molar refractivity (Wildman–Crippen MR) is 89.7 cm³/mol. The molecule has 1 rings (SSSR count). The summed E-state index contributed by atoms with van der Waals surface area (Å²) in [7, 11) is 0. The monoisotopic (exact) mass is 296 g/mol. The molecule has 1 heterocycles. The SMILES string of the molecule is CCCCCCCCCCCC(=O)CCCC1CCCO1. The lowest BCUT2D eigenvalue weighted by atomic mass is 10.0. The van der Waals surface area contributed by atoms with Gasteiger partial charge in [-0.2, -0.15) is 0 Å². The molecule has 1 saturated heterocycles. The Bertz CT molecular complexity index is 244. The molecule has 0 amide bonds. The van der Waals surface area contributed by atoms with Crippen LogP contribution >= 0.6 is 0 Å². The molecule has 0 saturated carbocycles. The number of carbonyl (C=O) groups is 1. The van der Waals surface area contributed by atoms with Gasteiger partial charge in [0.15, 0.2) is 0 Å². The van der Waals surface area contributed by atoms with E-state index in [-0.39, 0.29) is 0 Å². The van der Waals surface area contributed by atoms with Crippen molar-refractivity contribution in [3.05, 3.63) is 0 Å². The fourth-order valence-corrected chi connectivity index (χ4v) is 3.16. The molecule has 1 aliphatic heterocycles. The highest BCUT2D eigenvalue weighted by atomic mass is 16.5. The second kappa shape index (κ2) is 13.3. The van der Waals surface area contributed by atoms with Crippen LogP contribution in [0.3, 0.4) is 0 Å². The molecule has 1 aliphatic rings. The van der Waals surface area contributed by atoms with Crippen LogP contribution in [0.15, 0.2) is 0 Å². The Morgan fingerprint density at radius 1 is 0.905 bits per heavy atom. The number of carbonyl (C=O) groups excluding carboxylic acids is 1. The molecule has 0 radical (unpaired) electrons. The summed E-state index contributed by atoms with van der Waals surface area (Å²) in [4.78, 5) is 11.8. The van der Waals surface area contributed by atoms with Crippen LogP contribution in [-0.2, 0) is 9.53 Å². The summed E-state index contributed by atoms with van der Waals surface area (Å²) in [5.41, 5.74) is 0. The van der Waals surface area contributed by atoms with Crippen LogP contribution in [0.5, 0.6) is 0 Å². The Morgan fingerprint density at radius 2 is 1.52 bits per heavy atom. The van der Waals surface area contributed by atoms with Gasteiger partial charge < -0.3 is 4.74 Å². The molecule has 0 bridgehead atoms. The van der Waals surface area contributed by atoms with E-state index in [1.165, 1.54) is 64.2 Å². The molecule has 1 fully saturated rings. The van der Waals surface area contributed by atoms with Gasteiger partial charge in [-0.25, -0.2) is 0 Å². The van der Waals surface area contributed by atoms with E-state index < -0.39 is 0 Å². The lowest BCUT2D eigenvalue weighted by molar-refractivity contribution is -0.119. The van der Waals surface area contributed by atoms with Crippen molar-refractivity contribution in [2.24, 2.45) is 0 Å². The average molecular weight is 296 g/mol. The van der Waals surface area contributed by atoms with E-state index in [0.29, 0.717) is 11.9 Å². The number of hydrogen-bond acceptors (Lipinski definition) is 2. The number of ketones is 1. The van der Waals surface area contributed by atoms with Crippen LogP contribution in [-0.4, -0.2) is 18.5 Å². The summed E-state index contributed by atoms with van der Waals surface area (Å²) in [6, 6.07) is 0.